The van der Waals surface area contributed by atoms with Crippen LogP contribution in [0, 0.1) is 6.92 Å². The second-order valence-corrected chi connectivity index (χ2v) is 8.72. The minimum atomic E-state index is 0.209. The summed E-state index contributed by atoms with van der Waals surface area (Å²) < 4.78 is 7.24. The van der Waals surface area contributed by atoms with E-state index < -0.39 is 0 Å². The molecular weight excluding hydrogens is 432 g/mol. The van der Waals surface area contributed by atoms with Gasteiger partial charge in [0.15, 0.2) is 0 Å². The molecular formula is C26H22N4O2S. The van der Waals surface area contributed by atoms with E-state index in [0.717, 1.165) is 49.4 Å². The molecule has 6 nitrogen and oxygen atoms in total. The van der Waals surface area contributed by atoms with Crippen molar-refractivity contribution >= 4 is 49.7 Å². The molecule has 0 saturated heterocycles. The van der Waals surface area contributed by atoms with Gasteiger partial charge in [-0.1, -0.05) is 13.0 Å². The number of hydrogen-bond acceptors (Lipinski definition) is 7. The molecule has 0 unspecified atom stereocenters. The summed E-state index contributed by atoms with van der Waals surface area (Å²) in [4.78, 5) is 25.0. The van der Waals surface area contributed by atoms with Crippen LogP contribution >= 0.6 is 11.3 Å². The summed E-state index contributed by atoms with van der Waals surface area (Å²) in [5.41, 5.74) is 6.44. The third-order valence-electron chi connectivity index (χ3n) is 5.46. The van der Waals surface area contributed by atoms with Crippen LogP contribution in [-0.2, 0) is 11.2 Å². The number of ether oxygens (including phenoxy) is 1. The molecule has 33 heavy (non-hydrogen) atoms. The molecule has 0 radical (unpaired) electrons. The fraction of sp³-hybridized carbons (Fsp3) is 0.154. The smallest absolute Gasteiger partial charge is 0.141 e. The van der Waals surface area contributed by atoms with Gasteiger partial charge in [-0.3, -0.25) is 4.79 Å². The van der Waals surface area contributed by atoms with Crippen molar-refractivity contribution in [1.82, 2.24) is 15.0 Å². The number of fused-ring (bicyclic) bond motifs is 2. The van der Waals surface area contributed by atoms with Gasteiger partial charge in [-0.2, -0.15) is 0 Å². The maximum absolute atomic E-state index is 11.9. The quantitative estimate of drug-likeness (QED) is 0.298. The van der Waals surface area contributed by atoms with Gasteiger partial charge >= 0.3 is 0 Å². The number of aryl methyl sites for hydroxylation is 1. The van der Waals surface area contributed by atoms with Crippen molar-refractivity contribution in [2.24, 2.45) is 0 Å². The molecule has 164 valence electrons. The van der Waals surface area contributed by atoms with E-state index in [9.17, 15) is 4.79 Å². The first-order valence-electron chi connectivity index (χ1n) is 10.7. The van der Waals surface area contributed by atoms with E-state index in [1.54, 1.807) is 17.7 Å². The average molecular weight is 455 g/mol. The first-order valence-corrected chi connectivity index (χ1v) is 11.6. The molecule has 0 aliphatic heterocycles. The number of nitrogens with zero attached hydrogens (tertiary/aromatic N) is 3. The Labute approximate surface area is 195 Å². The first kappa shape index (κ1) is 21.0. The predicted molar refractivity (Wildman–Crippen MR) is 133 cm³/mol. The number of aromatic nitrogens is 3. The Bertz CT molecular complexity index is 1480. The zero-order valence-electron chi connectivity index (χ0n) is 18.3. The predicted octanol–water partition coefficient (Wildman–Crippen LogP) is 6.61. The van der Waals surface area contributed by atoms with Crippen molar-refractivity contribution in [2.45, 2.75) is 26.7 Å². The lowest BCUT2D eigenvalue weighted by Gasteiger charge is -2.13. The van der Waals surface area contributed by atoms with Gasteiger partial charge in [0, 0.05) is 30.0 Å². The zero-order chi connectivity index (χ0) is 22.8. The zero-order valence-corrected chi connectivity index (χ0v) is 19.1. The lowest BCUT2D eigenvalue weighted by atomic mass is 10.0. The van der Waals surface area contributed by atoms with E-state index in [1.165, 1.54) is 0 Å². The number of hydrogen-bond donors (Lipinski definition) is 1. The lowest BCUT2D eigenvalue weighted by Crippen LogP contribution is -2.01. The van der Waals surface area contributed by atoms with Gasteiger partial charge in [-0.15, -0.1) is 11.3 Å². The van der Waals surface area contributed by atoms with E-state index >= 15 is 0 Å². The average Bonchev–Trinajstić information content (AvgIpc) is 3.29. The Morgan fingerprint density at radius 1 is 1.00 bits per heavy atom. The van der Waals surface area contributed by atoms with Crippen molar-refractivity contribution in [3.8, 4) is 11.5 Å². The minimum absolute atomic E-state index is 0.209. The van der Waals surface area contributed by atoms with Gasteiger partial charge < -0.3 is 10.1 Å². The number of benzene rings is 3. The van der Waals surface area contributed by atoms with Crippen molar-refractivity contribution in [1.29, 1.82) is 0 Å². The molecule has 5 rings (SSSR count). The number of ketones is 1. The largest absolute Gasteiger partial charge is 0.457 e. The van der Waals surface area contributed by atoms with Gasteiger partial charge in [0.05, 0.1) is 21.2 Å². The number of rotatable bonds is 7. The van der Waals surface area contributed by atoms with Gasteiger partial charge in [-0.25, -0.2) is 15.0 Å². The summed E-state index contributed by atoms with van der Waals surface area (Å²) in [7, 11) is 0. The highest BCUT2D eigenvalue weighted by Crippen LogP contribution is 2.31. The summed E-state index contributed by atoms with van der Waals surface area (Å²) >= 11 is 1.61. The molecule has 3 aromatic carbocycles. The van der Waals surface area contributed by atoms with Gasteiger partial charge in [0.2, 0.25) is 0 Å². The molecule has 0 aliphatic rings. The van der Waals surface area contributed by atoms with E-state index in [2.05, 4.69) is 20.3 Å². The van der Waals surface area contributed by atoms with E-state index in [0.29, 0.717) is 18.7 Å². The van der Waals surface area contributed by atoms with Crippen LogP contribution in [0.4, 0.5) is 11.5 Å². The highest BCUT2D eigenvalue weighted by atomic mass is 32.1. The second kappa shape index (κ2) is 8.96. The SMILES string of the molecule is CCC(=O)Cc1ccc2ncnc(Nc3ccc(Oc4ccc5scnc5c4)c(C)c3)c2c1. The highest BCUT2D eigenvalue weighted by molar-refractivity contribution is 7.16. The van der Waals surface area contributed by atoms with E-state index in [-0.39, 0.29) is 5.78 Å². The topological polar surface area (TPSA) is 77.0 Å². The second-order valence-electron chi connectivity index (χ2n) is 7.83. The van der Waals surface area contributed by atoms with Crippen LogP contribution in [0.5, 0.6) is 11.5 Å². The minimum Gasteiger partial charge on any atom is -0.457 e. The van der Waals surface area contributed by atoms with Crippen LogP contribution in [0.1, 0.15) is 24.5 Å². The molecule has 1 N–H and O–H groups in total. The van der Waals surface area contributed by atoms with Crippen LogP contribution in [0.3, 0.4) is 0 Å². The Morgan fingerprint density at radius 3 is 2.76 bits per heavy atom. The third kappa shape index (κ3) is 4.54. The lowest BCUT2D eigenvalue weighted by molar-refractivity contribution is -0.118. The summed E-state index contributed by atoms with van der Waals surface area (Å²) in [6, 6.07) is 17.7. The Morgan fingerprint density at radius 2 is 1.91 bits per heavy atom. The fourth-order valence-electron chi connectivity index (χ4n) is 3.67. The summed E-state index contributed by atoms with van der Waals surface area (Å²) in [5, 5.41) is 4.28. The first-order chi connectivity index (χ1) is 16.1. The number of anilines is 2. The van der Waals surface area contributed by atoms with Crippen LogP contribution in [0.25, 0.3) is 21.1 Å². The highest BCUT2D eigenvalue weighted by Gasteiger charge is 2.10. The van der Waals surface area contributed by atoms with Crippen molar-refractivity contribution in [2.75, 3.05) is 5.32 Å². The van der Waals surface area contributed by atoms with Crippen LogP contribution in [0.15, 0.2) is 66.4 Å². The molecule has 0 spiro atoms. The number of thiazole rings is 1. The molecule has 7 heteroatoms. The molecule has 0 bridgehead atoms. The summed E-state index contributed by atoms with van der Waals surface area (Å²) in [5.74, 6) is 2.45. The monoisotopic (exact) mass is 454 g/mol. The number of carbonyl (C=O) groups excluding carboxylic acids is 1. The normalized spacial score (nSPS) is 11.1. The molecule has 5 aromatic rings. The summed E-state index contributed by atoms with van der Waals surface area (Å²) in [6.45, 7) is 3.89. The summed E-state index contributed by atoms with van der Waals surface area (Å²) in [6.07, 6.45) is 2.48. The van der Waals surface area contributed by atoms with Crippen molar-refractivity contribution in [3.05, 3.63) is 77.6 Å². The molecule has 0 amide bonds. The number of Topliss-reactive ketones (excluding diaryl/α,β-unsaturated/α-hetero) is 1. The molecule has 2 aromatic heterocycles. The molecule has 2 heterocycles. The number of nitrogens with one attached hydrogen (secondary N) is 1. The maximum atomic E-state index is 11.9. The van der Waals surface area contributed by atoms with Crippen molar-refractivity contribution in [3.63, 3.8) is 0 Å². The molecule has 0 aliphatic carbocycles. The van der Waals surface area contributed by atoms with Gasteiger partial charge in [0.25, 0.3) is 0 Å². The molecule has 0 fully saturated rings. The maximum Gasteiger partial charge on any atom is 0.141 e. The number of carbonyl (C=O) groups is 1. The van der Waals surface area contributed by atoms with Gasteiger partial charge in [0.1, 0.15) is 29.4 Å². The fourth-order valence-corrected chi connectivity index (χ4v) is 4.33. The van der Waals surface area contributed by atoms with Crippen LogP contribution in [0.2, 0.25) is 0 Å². The third-order valence-corrected chi connectivity index (χ3v) is 6.27. The van der Waals surface area contributed by atoms with E-state index in [4.69, 9.17) is 4.74 Å². The Hall–Kier alpha value is -3.84. The molecule has 0 atom stereocenters. The van der Waals surface area contributed by atoms with Gasteiger partial charge in [-0.05, 0) is 60.5 Å². The van der Waals surface area contributed by atoms with Crippen molar-refractivity contribution < 1.29 is 9.53 Å². The van der Waals surface area contributed by atoms with E-state index in [1.807, 2.05) is 74.0 Å². The Kier molecular flexibility index (Phi) is 5.71. The van der Waals surface area contributed by atoms with Crippen LogP contribution < -0.4 is 10.1 Å². The molecule has 0 saturated carbocycles. The standard InChI is InChI=1S/C26H22N4O2S/c1-3-19(31)11-17-4-7-22-21(12-17)26(28-14-27-22)30-18-5-8-24(16(2)10-18)32-20-6-9-25-23(13-20)29-15-33-25/h4-10,12-15H,3,11H2,1-2H3,(H,27,28,30). The Balaban J connectivity index is 1.39. The van der Waals surface area contributed by atoms with Crippen LogP contribution in [-0.4, -0.2) is 20.7 Å².